The highest BCUT2D eigenvalue weighted by Gasteiger charge is 2.21. The van der Waals surface area contributed by atoms with Gasteiger partial charge in [-0.05, 0) is 29.5 Å². The lowest BCUT2D eigenvalue weighted by atomic mass is 9.85. The lowest BCUT2D eigenvalue weighted by Gasteiger charge is -2.24. The Bertz CT molecular complexity index is 459. The minimum Gasteiger partial charge on any atom is -0.466 e. The number of amides is 1. The number of benzene rings is 1. The predicted molar refractivity (Wildman–Crippen MR) is 83.3 cm³/mol. The number of ether oxygens (including phenoxy) is 1. The van der Waals surface area contributed by atoms with E-state index < -0.39 is 0 Å². The van der Waals surface area contributed by atoms with Gasteiger partial charge in [0, 0.05) is 18.5 Å². The smallest absolute Gasteiger partial charge is 0.293 e. The summed E-state index contributed by atoms with van der Waals surface area (Å²) in [6.07, 6.45) is 0.427. The maximum atomic E-state index is 12.2. The van der Waals surface area contributed by atoms with Gasteiger partial charge >= 0.3 is 0 Å². The van der Waals surface area contributed by atoms with Crippen LogP contribution in [-0.2, 0) is 14.3 Å². The second-order valence-corrected chi connectivity index (χ2v) is 5.82. The normalized spacial score (nSPS) is 12.0. The maximum Gasteiger partial charge on any atom is 0.293 e. The summed E-state index contributed by atoms with van der Waals surface area (Å²) in [6, 6.07) is 7.63. The number of carbonyl (C=O) groups excluding carboxylic acids is 2. The number of hydrogen-bond acceptors (Lipinski definition) is 3. The van der Waals surface area contributed by atoms with Crippen molar-refractivity contribution in [1.29, 1.82) is 0 Å². The van der Waals surface area contributed by atoms with Crippen LogP contribution in [0.15, 0.2) is 24.3 Å². The molecular weight excluding hydrogens is 290 g/mol. The number of nitrogens with zero attached hydrogens (tertiary/aromatic N) is 1. The van der Waals surface area contributed by atoms with Crippen molar-refractivity contribution in [3.05, 3.63) is 34.9 Å². The van der Waals surface area contributed by atoms with Gasteiger partial charge in [-0.1, -0.05) is 37.6 Å². The van der Waals surface area contributed by atoms with Crippen molar-refractivity contribution in [2.24, 2.45) is 5.92 Å². The Labute approximate surface area is 131 Å². The molecule has 0 aromatic heterocycles. The van der Waals surface area contributed by atoms with E-state index in [1.165, 1.54) is 0 Å². The Kier molecular flexibility index (Phi) is 7.23. The number of rotatable bonds is 8. The van der Waals surface area contributed by atoms with Crippen molar-refractivity contribution in [3.63, 3.8) is 0 Å². The minimum absolute atomic E-state index is 0.0400. The van der Waals surface area contributed by atoms with E-state index in [9.17, 15) is 9.59 Å². The molecule has 5 heteroatoms. The molecule has 1 aromatic carbocycles. The van der Waals surface area contributed by atoms with Crippen LogP contribution in [0.4, 0.5) is 0 Å². The topological polar surface area (TPSA) is 46.6 Å². The molecule has 1 atom stereocenters. The van der Waals surface area contributed by atoms with Gasteiger partial charge in [0.2, 0.25) is 5.91 Å². The highest BCUT2D eigenvalue weighted by Crippen LogP contribution is 2.29. The monoisotopic (exact) mass is 311 g/mol. The summed E-state index contributed by atoms with van der Waals surface area (Å²) in [5.41, 5.74) is 1.11. The molecule has 0 spiro atoms. The summed E-state index contributed by atoms with van der Waals surface area (Å²) in [4.78, 5) is 23.9. The standard InChI is InChI=1S/C16H22ClNO3/c1-12(2)15(13-4-6-14(17)7-5-13)10-16(20)18(3)8-9-21-11-19/h4-7,11-12,15H,8-10H2,1-3H3. The van der Waals surface area contributed by atoms with Crippen molar-refractivity contribution in [2.45, 2.75) is 26.2 Å². The fourth-order valence-corrected chi connectivity index (χ4v) is 2.28. The SMILES string of the molecule is CC(C)C(CC(=O)N(C)CCOC=O)c1ccc(Cl)cc1. The third kappa shape index (κ3) is 5.76. The lowest BCUT2D eigenvalue weighted by molar-refractivity contribution is -0.134. The Hall–Kier alpha value is -1.55. The van der Waals surface area contributed by atoms with Crippen molar-refractivity contribution < 1.29 is 14.3 Å². The summed E-state index contributed by atoms with van der Waals surface area (Å²) >= 11 is 5.91. The van der Waals surface area contributed by atoms with Crippen LogP contribution in [-0.4, -0.2) is 37.5 Å². The second-order valence-electron chi connectivity index (χ2n) is 5.39. The van der Waals surface area contributed by atoms with E-state index >= 15 is 0 Å². The van der Waals surface area contributed by atoms with Gasteiger partial charge in [0.05, 0.1) is 6.54 Å². The van der Waals surface area contributed by atoms with Gasteiger partial charge in [-0.2, -0.15) is 0 Å². The zero-order chi connectivity index (χ0) is 15.8. The third-order valence-corrected chi connectivity index (χ3v) is 3.79. The van der Waals surface area contributed by atoms with Crippen LogP contribution in [0.2, 0.25) is 5.02 Å². The van der Waals surface area contributed by atoms with E-state index in [-0.39, 0.29) is 18.4 Å². The molecule has 0 aliphatic carbocycles. The molecular formula is C16H22ClNO3. The molecule has 21 heavy (non-hydrogen) atoms. The molecule has 1 aromatic rings. The number of hydrogen-bond donors (Lipinski definition) is 0. The van der Waals surface area contributed by atoms with Gasteiger partial charge in [-0.25, -0.2) is 0 Å². The highest BCUT2D eigenvalue weighted by molar-refractivity contribution is 6.30. The first-order chi connectivity index (χ1) is 9.95. The number of carbonyl (C=O) groups is 2. The summed E-state index contributed by atoms with van der Waals surface area (Å²) < 4.78 is 4.62. The molecule has 1 rings (SSSR count). The fraction of sp³-hybridized carbons (Fsp3) is 0.500. The van der Waals surface area contributed by atoms with Crippen LogP contribution in [0.5, 0.6) is 0 Å². The van der Waals surface area contributed by atoms with Gasteiger partial charge in [0.25, 0.3) is 6.47 Å². The molecule has 0 N–H and O–H groups in total. The molecule has 0 heterocycles. The van der Waals surface area contributed by atoms with E-state index in [0.29, 0.717) is 30.4 Å². The number of halogens is 1. The molecule has 0 aliphatic rings. The van der Waals surface area contributed by atoms with Gasteiger partial charge in [-0.3, -0.25) is 9.59 Å². The second kappa shape index (κ2) is 8.67. The van der Waals surface area contributed by atoms with E-state index in [1.807, 2.05) is 24.3 Å². The van der Waals surface area contributed by atoms with Crippen molar-refractivity contribution in [3.8, 4) is 0 Å². The predicted octanol–water partition coefficient (Wildman–Crippen LogP) is 3.10. The summed E-state index contributed by atoms with van der Waals surface area (Å²) in [6.45, 7) is 5.22. The highest BCUT2D eigenvalue weighted by atomic mass is 35.5. The van der Waals surface area contributed by atoms with Crippen LogP contribution < -0.4 is 0 Å². The number of likely N-dealkylation sites (N-methyl/N-ethyl adjacent to an activating group) is 1. The zero-order valence-electron chi connectivity index (χ0n) is 12.7. The Balaban J connectivity index is 2.67. The average molecular weight is 312 g/mol. The van der Waals surface area contributed by atoms with E-state index in [2.05, 4.69) is 18.6 Å². The summed E-state index contributed by atoms with van der Waals surface area (Å²) in [5.74, 6) is 0.525. The fourth-order valence-electron chi connectivity index (χ4n) is 2.15. The summed E-state index contributed by atoms with van der Waals surface area (Å²) in [5, 5.41) is 0.690. The summed E-state index contributed by atoms with van der Waals surface area (Å²) in [7, 11) is 1.72. The average Bonchev–Trinajstić information content (AvgIpc) is 2.45. The maximum absolute atomic E-state index is 12.2. The van der Waals surface area contributed by atoms with Crippen molar-refractivity contribution >= 4 is 24.0 Å². The van der Waals surface area contributed by atoms with Gasteiger partial charge in [0.1, 0.15) is 6.61 Å². The molecule has 0 fully saturated rings. The molecule has 0 aliphatic heterocycles. The molecule has 1 unspecified atom stereocenters. The molecule has 116 valence electrons. The van der Waals surface area contributed by atoms with E-state index in [0.717, 1.165) is 5.56 Å². The Morgan fingerprint density at radius 1 is 1.33 bits per heavy atom. The van der Waals surface area contributed by atoms with E-state index in [1.54, 1.807) is 11.9 Å². The first kappa shape index (κ1) is 17.5. The van der Waals surface area contributed by atoms with Gasteiger partial charge < -0.3 is 9.64 Å². The molecule has 0 bridgehead atoms. The molecule has 0 radical (unpaired) electrons. The Morgan fingerprint density at radius 2 is 1.95 bits per heavy atom. The molecule has 0 saturated carbocycles. The first-order valence-electron chi connectivity index (χ1n) is 7.00. The van der Waals surface area contributed by atoms with Crippen LogP contribution in [0, 0.1) is 5.92 Å². The molecule has 1 amide bonds. The minimum atomic E-state index is 0.0400. The van der Waals surface area contributed by atoms with Gasteiger partial charge in [-0.15, -0.1) is 0 Å². The Morgan fingerprint density at radius 3 is 2.48 bits per heavy atom. The molecule has 0 saturated heterocycles. The quantitative estimate of drug-likeness (QED) is 0.547. The van der Waals surface area contributed by atoms with Crippen molar-refractivity contribution in [2.75, 3.05) is 20.2 Å². The van der Waals surface area contributed by atoms with Crippen LogP contribution >= 0.6 is 11.6 Å². The van der Waals surface area contributed by atoms with Crippen molar-refractivity contribution in [1.82, 2.24) is 4.90 Å². The third-order valence-electron chi connectivity index (χ3n) is 3.54. The largest absolute Gasteiger partial charge is 0.466 e. The van der Waals surface area contributed by atoms with Crippen LogP contribution in [0.1, 0.15) is 31.7 Å². The van der Waals surface area contributed by atoms with Gasteiger partial charge in [0.15, 0.2) is 0 Å². The van der Waals surface area contributed by atoms with Crippen LogP contribution in [0.25, 0.3) is 0 Å². The zero-order valence-corrected chi connectivity index (χ0v) is 13.5. The molecule has 4 nitrogen and oxygen atoms in total. The lowest BCUT2D eigenvalue weighted by Crippen LogP contribution is -2.31. The first-order valence-corrected chi connectivity index (χ1v) is 7.38. The van der Waals surface area contributed by atoms with E-state index in [4.69, 9.17) is 11.6 Å². The van der Waals surface area contributed by atoms with Crippen LogP contribution in [0.3, 0.4) is 0 Å².